The van der Waals surface area contributed by atoms with E-state index in [-0.39, 0.29) is 0 Å². The number of rotatable bonds is 6. The molecule has 0 atom stereocenters. The van der Waals surface area contributed by atoms with Gasteiger partial charge in [-0.3, -0.25) is 0 Å². The number of oxazole rings is 1. The SMILES string of the molecule is c1ccc(-c2ccc(N(c3ccc(-c4ccc5ccc6ccc7nc(-c8ccccc8)oc7c6c5c4)cc3)c3ccc4sc5ccccc5c4c3)cc2)cc1. The van der Waals surface area contributed by atoms with Crippen LogP contribution in [0.1, 0.15) is 0 Å². The molecular weight excluding hydrogens is 689 g/mol. The zero-order valence-electron chi connectivity index (χ0n) is 29.7. The minimum atomic E-state index is 0.637. The average Bonchev–Trinajstić information content (AvgIpc) is 3.87. The van der Waals surface area contributed by atoms with Gasteiger partial charge in [0.15, 0.2) is 5.58 Å². The predicted molar refractivity (Wildman–Crippen MR) is 233 cm³/mol. The van der Waals surface area contributed by atoms with Crippen LogP contribution in [0.25, 0.3) is 86.5 Å². The first kappa shape index (κ1) is 31.5. The number of anilines is 3. The van der Waals surface area contributed by atoms with Gasteiger partial charge in [0.05, 0.1) is 0 Å². The van der Waals surface area contributed by atoms with Gasteiger partial charge in [0.25, 0.3) is 0 Å². The fourth-order valence-electron chi connectivity index (χ4n) is 7.94. The minimum absolute atomic E-state index is 0.637. The first-order valence-electron chi connectivity index (χ1n) is 18.5. The number of aromatic nitrogens is 1. The van der Waals surface area contributed by atoms with E-state index >= 15 is 0 Å². The number of thiophene rings is 1. The Hall–Kier alpha value is -7.01. The average molecular weight is 721 g/mol. The lowest BCUT2D eigenvalue weighted by Crippen LogP contribution is -2.09. The number of fused-ring (bicyclic) bond motifs is 8. The minimum Gasteiger partial charge on any atom is -0.435 e. The van der Waals surface area contributed by atoms with E-state index in [1.165, 1.54) is 36.7 Å². The largest absolute Gasteiger partial charge is 0.435 e. The quantitative estimate of drug-likeness (QED) is 0.160. The Bertz CT molecular complexity index is 3180. The van der Waals surface area contributed by atoms with Gasteiger partial charge in [0, 0.05) is 48.2 Å². The van der Waals surface area contributed by atoms with E-state index in [0.717, 1.165) is 61.0 Å². The lowest BCUT2D eigenvalue weighted by atomic mass is 9.96. The van der Waals surface area contributed by atoms with Crippen molar-refractivity contribution in [3.05, 3.63) is 194 Å². The van der Waals surface area contributed by atoms with E-state index in [1.807, 2.05) is 41.7 Å². The van der Waals surface area contributed by atoms with Gasteiger partial charge >= 0.3 is 0 Å². The van der Waals surface area contributed by atoms with Gasteiger partial charge in [0.1, 0.15) is 5.52 Å². The lowest BCUT2D eigenvalue weighted by molar-refractivity contribution is 0.623. The number of benzene rings is 9. The van der Waals surface area contributed by atoms with Crippen molar-refractivity contribution in [2.45, 2.75) is 0 Å². The van der Waals surface area contributed by atoms with Gasteiger partial charge in [-0.05, 0) is 111 Å². The van der Waals surface area contributed by atoms with Crippen LogP contribution in [0.5, 0.6) is 0 Å². The molecule has 0 N–H and O–H groups in total. The molecule has 0 spiro atoms. The van der Waals surface area contributed by atoms with Gasteiger partial charge in [0.2, 0.25) is 5.89 Å². The lowest BCUT2D eigenvalue weighted by Gasteiger charge is -2.26. The van der Waals surface area contributed by atoms with E-state index in [1.54, 1.807) is 0 Å². The van der Waals surface area contributed by atoms with Crippen molar-refractivity contribution in [2.24, 2.45) is 0 Å². The first-order chi connectivity index (χ1) is 27.2. The molecule has 0 fully saturated rings. The summed E-state index contributed by atoms with van der Waals surface area (Å²) in [6, 6.07) is 69.4. The molecule has 11 rings (SSSR count). The monoisotopic (exact) mass is 720 g/mol. The van der Waals surface area contributed by atoms with Crippen molar-refractivity contribution < 1.29 is 4.42 Å². The van der Waals surface area contributed by atoms with Crippen molar-refractivity contribution in [3.8, 4) is 33.7 Å². The van der Waals surface area contributed by atoms with Gasteiger partial charge in [-0.25, -0.2) is 4.98 Å². The van der Waals surface area contributed by atoms with Gasteiger partial charge < -0.3 is 9.32 Å². The number of nitrogens with zero attached hydrogens (tertiary/aromatic N) is 2. The van der Waals surface area contributed by atoms with Crippen LogP contribution in [0.2, 0.25) is 0 Å². The smallest absolute Gasteiger partial charge is 0.227 e. The van der Waals surface area contributed by atoms with Crippen LogP contribution >= 0.6 is 11.3 Å². The highest BCUT2D eigenvalue weighted by atomic mass is 32.1. The van der Waals surface area contributed by atoms with Crippen LogP contribution in [-0.4, -0.2) is 4.98 Å². The maximum atomic E-state index is 6.51. The Morgan fingerprint density at radius 3 is 1.73 bits per heavy atom. The molecule has 2 heterocycles. The summed E-state index contributed by atoms with van der Waals surface area (Å²) in [5, 5.41) is 7.11. The number of hydrogen-bond donors (Lipinski definition) is 0. The van der Waals surface area contributed by atoms with Gasteiger partial charge in [-0.2, -0.15) is 0 Å². The molecule has 4 heteroatoms. The Morgan fingerprint density at radius 2 is 0.964 bits per heavy atom. The first-order valence-corrected chi connectivity index (χ1v) is 19.3. The second kappa shape index (κ2) is 12.8. The van der Waals surface area contributed by atoms with Crippen molar-refractivity contribution in [2.75, 3.05) is 4.90 Å². The molecule has 2 aromatic heterocycles. The Balaban J connectivity index is 1.02. The molecule has 9 aromatic carbocycles. The van der Waals surface area contributed by atoms with Crippen LogP contribution < -0.4 is 4.90 Å². The Morgan fingerprint density at radius 1 is 0.400 bits per heavy atom. The maximum absolute atomic E-state index is 6.51. The third-order valence-electron chi connectivity index (χ3n) is 10.7. The highest BCUT2D eigenvalue weighted by Gasteiger charge is 2.17. The maximum Gasteiger partial charge on any atom is 0.227 e. The highest BCUT2D eigenvalue weighted by molar-refractivity contribution is 7.25. The van der Waals surface area contributed by atoms with E-state index in [9.17, 15) is 0 Å². The molecule has 0 radical (unpaired) electrons. The molecule has 0 bridgehead atoms. The van der Waals surface area contributed by atoms with Crippen LogP contribution in [0.15, 0.2) is 199 Å². The van der Waals surface area contributed by atoms with Crippen LogP contribution in [0.3, 0.4) is 0 Å². The number of hydrogen-bond acceptors (Lipinski definition) is 4. The second-order valence-electron chi connectivity index (χ2n) is 14.0. The predicted octanol–water partition coefficient (Wildman–Crippen LogP) is 15.0. The van der Waals surface area contributed by atoms with Gasteiger partial charge in [-0.15, -0.1) is 11.3 Å². The molecule has 258 valence electrons. The molecule has 0 saturated heterocycles. The van der Waals surface area contributed by atoms with E-state index in [0.29, 0.717) is 5.89 Å². The second-order valence-corrected chi connectivity index (χ2v) is 15.1. The molecule has 0 aliphatic heterocycles. The van der Waals surface area contributed by atoms with E-state index in [4.69, 9.17) is 9.40 Å². The fraction of sp³-hybridized carbons (Fsp3) is 0. The zero-order chi connectivity index (χ0) is 36.3. The van der Waals surface area contributed by atoms with Crippen molar-refractivity contribution in [1.29, 1.82) is 0 Å². The normalized spacial score (nSPS) is 11.6. The summed E-state index contributed by atoms with van der Waals surface area (Å²) in [5.41, 5.74) is 10.7. The molecule has 3 nitrogen and oxygen atoms in total. The standard InChI is InChI=1S/C51H32N2OS/c1-3-9-33(10-4-1)34-19-24-40(25-20-34)53(42-28-30-48-45(32-42)43-13-7-8-14-47(43)55-48)41-26-21-35(22-27-41)39-18-16-36-15-17-37-23-29-46-50(49(37)44(36)31-39)54-51(52-46)38-11-5-2-6-12-38/h1-32H. The fourth-order valence-corrected chi connectivity index (χ4v) is 9.03. The zero-order valence-corrected chi connectivity index (χ0v) is 30.5. The summed E-state index contributed by atoms with van der Waals surface area (Å²) in [4.78, 5) is 7.24. The van der Waals surface area contributed by atoms with Crippen LogP contribution in [0, 0.1) is 0 Å². The third kappa shape index (κ3) is 5.46. The molecule has 55 heavy (non-hydrogen) atoms. The Labute approximate surface area is 322 Å². The topological polar surface area (TPSA) is 29.3 Å². The van der Waals surface area contributed by atoms with Crippen molar-refractivity contribution in [3.63, 3.8) is 0 Å². The van der Waals surface area contributed by atoms with E-state index < -0.39 is 0 Å². The molecule has 0 unspecified atom stereocenters. The van der Waals surface area contributed by atoms with Crippen LogP contribution in [-0.2, 0) is 0 Å². The highest BCUT2D eigenvalue weighted by Crippen LogP contribution is 2.42. The third-order valence-corrected chi connectivity index (χ3v) is 11.8. The summed E-state index contributed by atoms with van der Waals surface area (Å²) >= 11 is 1.85. The summed E-state index contributed by atoms with van der Waals surface area (Å²) in [5.74, 6) is 0.637. The molecule has 11 aromatic rings. The van der Waals surface area contributed by atoms with Crippen molar-refractivity contribution in [1.82, 2.24) is 4.98 Å². The van der Waals surface area contributed by atoms with Crippen LogP contribution in [0.4, 0.5) is 17.1 Å². The molecule has 0 saturated carbocycles. The molecule has 0 aliphatic rings. The van der Waals surface area contributed by atoms with E-state index in [2.05, 4.69) is 169 Å². The molecule has 0 aliphatic carbocycles. The Kier molecular flexibility index (Phi) is 7.35. The molecular formula is C51H32N2OS. The van der Waals surface area contributed by atoms with Gasteiger partial charge in [-0.1, -0.05) is 121 Å². The summed E-state index contributed by atoms with van der Waals surface area (Å²) < 4.78 is 9.11. The van der Waals surface area contributed by atoms with Crippen molar-refractivity contribution >= 4 is 81.2 Å². The summed E-state index contributed by atoms with van der Waals surface area (Å²) in [7, 11) is 0. The summed E-state index contributed by atoms with van der Waals surface area (Å²) in [6.45, 7) is 0. The molecule has 0 amide bonds. The summed E-state index contributed by atoms with van der Waals surface area (Å²) in [6.07, 6.45) is 0.